The lowest BCUT2D eigenvalue weighted by Gasteiger charge is -2.29. The number of carbonyl (C=O) groups is 3. The van der Waals surface area contributed by atoms with E-state index in [1.807, 2.05) is 6.07 Å². The van der Waals surface area contributed by atoms with Crippen LogP contribution in [0.2, 0.25) is 5.02 Å². The van der Waals surface area contributed by atoms with Crippen molar-refractivity contribution in [3.63, 3.8) is 0 Å². The van der Waals surface area contributed by atoms with Crippen molar-refractivity contribution in [1.29, 1.82) is 0 Å². The normalized spacial score (nSPS) is 24.5. The zero-order chi connectivity index (χ0) is 16.8. The molecule has 2 heterocycles. The number of fused-ring (bicyclic) bond motifs is 1. The molecule has 0 radical (unpaired) electrons. The second-order valence-electron chi connectivity index (χ2n) is 6.90. The number of amides is 3. The van der Waals surface area contributed by atoms with Crippen molar-refractivity contribution < 1.29 is 14.4 Å². The fourth-order valence-corrected chi connectivity index (χ4v) is 4.48. The van der Waals surface area contributed by atoms with Crippen LogP contribution in [0.4, 0.5) is 0 Å². The molecule has 4 rings (SSSR count). The first kappa shape index (κ1) is 15.6. The van der Waals surface area contributed by atoms with Crippen LogP contribution in [-0.4, -0.2) is 28.7 Å². The van der Waals surface area contributed by atoms with Crippen LogP contribution in [-0.2, 0) is 16.1 Å². The predicted molar refractivity (Wildman–Crippen MR) is 88.7 cm³/mol. The average molecular weight is 347 g/mol. The molecule has 3 amide bonds. The summed E-state index contributed by atoms with van der Waals surface area (Å²) in [5, 5.41) is 2.91. The number of hydrogen-bond acceptors (Lipinski definition) is 3. The van der Waals surface area contributed by atoms with Gasteiger partial charge in [0.1, 0.15) is 6.04 Å². The molecule has 1 aromatic rings. The van der Waals surface area contributed by atoms with Crippen LogP contribution in [0, 0.1) is 0 Å². The Morgan fingerprint density at radius 3 is 2.54 bits per heavy atom. The molecule has 2 fully saturated rings. The third kappa shape index (κ3) is 2.51. The van der Waals surface area contributed by atoms with Gasteiger partial charge in [-0.3, -0.25) is 19.7 Å². The minimum absolute atomic E-state index is 0.152. The number of nitrogens with zero attached hydrogens (tertiary/aromatic N) is 1. The molecule has 1 aliphatic carbocycles. The molecular formula is C18H19ClN2O3. The number of hydrogen-bond donors (Lipinski definition) is 1. The van der Waals surface area contributed by atoms with Gasteiger partial charge in [-0.15, -0.1) is 0 Å². The monoisotopic (exact) mass is 346 g/mol. The van der Waals surface area contributed by atoms with Crippen molar-refractivity contribution >= 4 is 29.3 Å². The van der Waals surface area contributed by atoms with E-state index in [2.05, 4.69) is 5.32 Å². The minimum Gasteiger partial charge on any atom is -0.322 e. The van der Waals surface area contributed by atoms with E-state index in [0.717, 1.165) is 24.0 Å². The van der Waals surface area contributed by atoms with Crippen molar-refractivity contribution in [2.45, 2.75) is 57.0 Å². The molecule has 1 saturated carbocycles. The highest BCUT2D eigenvalue weighted by Crippen LogP contribution is 2.41. The van der Waals surface area contributed by atoms with Gasteiger partial charge in [-0.1, -0.05) is 24.4 Å². The third-order valence-corrected chi connectivity index (χ3v) is 5.67. The van der Waals surface area contributed by atoms with Crippen LogP contribution in [0.15, 0.2) is 12.1 Å². The van der Waals surface area contributed by atoms with E-state index in [1.54, 1.807) is 11.0 Å². The first-order valence-corrected chi connectivity index (χ1v) is 8.89. The molecule has 3 aliphatic rings. The molecule has 0 spiro atoms. The minimum atomic E-state index is -0.571. The molecule has 5 nitrogen and oxygen atoms in total. The van der Waals surface area contributed by atoms with Crippen molar-refractivity contribution in [2.75, 3.05) is 0 Å². The molecule has 24 heavy (non-hydrogen) atoms. The molecule has 0 bridgehead atoms. The predicted octanol–water partition coefficient (Wildman–Crippen LogP) is 2.76. The Morgan fingerprint density at radius 2 is 1.83 bits per heavy atom. The van der Waals surface area contributed by atoms with E-state index < -0.39 is 6.04 Å². The maximum Gasteiger partial charge on any atom is 0.255 e. The smallest absolute Gasteiger partial charge is 0.255 e. The summed E-state index contributed by atoms with van der Waals surface area (Å²) in [4.78, 5) is 37.9. The lowest BCUT2D eigenvalue weighted by molar-refractivity contribution is -0.136. The molecule has 0 aromatic heterocycles. The Balaban J connectivity index is 1.68. The number of piperidine rings is 1. The summed E-state index contributed by atoms with van der Waals surface area (Å²) in [6.07, 6.45) is 5.32. The van der Waals surface area contributed by atoms with E-state index in [4.69, 9.17) is 11.6 Å². The number of nitrogens with one attached hydrogen (secondary N) is 1. The topological polar surface area (TPSA) is 66.5 Å². The molecule has 1 unspecified atom stereocenters. The summed E-state index contributed by atoms with van der Waals surface area (Å²) in [7, 11) is 0. The average Bonchev–Trinajstić information content (AvgIpc) is 3.17. The van der Waals surface area contributed by atoms with Gasteiger partial charge in [0.05, 0.1) is 0 Å². The lowest BCUT2D eigenvalue weighted by Crippen LogP contribution is -2.52. The zero-order valence-electron chi connectivity index (χ0n) is 13.3. The summed E-state index contributed by atoms with van der Waals surface area (Å²) in [5.41, 5.74) is 2.80. The van der Waals surface area contributed by atoms with Gasteiger partial charge >= 0.3 is 0 Å². The van der Waals surface area contributed by atoms with Gasteiger partial charge < -0.3 is 4.90 Å². The van der Waals surface area contributed by atoms with Crippen molar-refractivity contribution in [3.05, 3.63) is 33.8 Å². The highest BCUT2D eigenvalue weighted by Gasteiger charge is 2.40. The maximum absolute atomic E-state index is 12.8. The van der Waals surface area contributed by atoms with Crippen molar-refractivity contribution in [2.24, 2.45) is 0 Å². The van der Waals surface area contributed by atoms with Crippen LogP contribution in [0.5, 0.6) is 0 Å². The van der Waals surface area contributed by atoms with Gasteiger partial charge in [0, 0.05) is 23.6 Å². The second-order valence-corrected chi connectivity index (χ2v) is 7.34. The molecule has 1 saturated heterocycles. The van der Waals surface area contributed by atoms with E-state index in [1.165, 1.54) is 12.8 Å². The Bertz CT molecular complexity index is 740. The maximum atomic E-state index is 12.8. The standard InChI is InChI=1S/C18H19ClN2O3/c19-11-7-12(10-3-1-2-4-10)14-9-21(18(24)13(14)8-11)15-5-6-16(22)20-17(15)23/h7-8,10,15H,1-6,9H2,(H,20,22,23). The van der Waals surface area contributed by atoms with Crippen LogP contribution in [0.3, 0.4) is 0 Å². The van der Waals surface area contributed by atoms with Gasteiger partial charge in [-0.05, 0) is 48.4 Å². The largest absolute Gasteiger partial charge is 0.322 e. The molecule has 1 aromatic carbocycles. The Labute approximate surface area is 145 Å². The van der Waals surface area contributed by atoms with Crippen LogP contribution in [0.1, 0.15) is 65.9 Å². The van der Waals surface area contributed by atoms with Gasteiger partial charge in [0.2, 0.25) is 11.8 Å². The molecular weight excluding hydrogens is 328 g/mol. The number of halogens is 1. The second kappa shape index (κ2) is 5.88. The van der Waals surface area contributed by atoms with Gasteiger partial charge in [-0.2, -0.15) is 0 Å². The third-order valence-electron chi connectivity index (χ3n) is 5.45. The van der Waals surface area contributed by atoms with Gasteiger partial charge in [0.15, 0.2) is 0 Å². The van der Waals surface area contributed by atoms with E-state index in [-0.39, 0.29) is 24.1 Å². The lowest BCUT2D eigenvalue weighted by atomic mass is 9.91. The Morgan fingerprint density at radius 1 is 1.08 bits per heavy atom. The van der Waals surface area contributed by atoms with Crippen LogP contribution < -0.4 is 5.32 Å². The Hall–Kier alpha value is -1.88. The molecule has 1 N–H and O–H groups in total. The summed E-state index contributed by atoms with van der Waals surface area (Å²) in [6.45, 7) is 0.434. The summed E-state index contributed by atoms with van der Waals surface area (Å²) < 4.78 is 0. The quantitative estimate of drug-likeness (QED) is 0.837. The van der Waals surface area contributed by atoms with E-state index >= 15 is 0 Å². The summed E-state index contributed by atoms with van der Waals surface area (Å²) >= 11 is 6.26. The Kier molecular flexibility index (Phi) is 3.83. The molecule has 126 valence electrons. The fourth-order valence-electron chi connectivity index (χ4n) is 4.25. The summed E-state index contributed by atoms with van der Waals surface area (Å²) in [5.74, 6) is -0.343. The van der Waals surface area contributed by atoms with E-state index in [0.29, 0.717) is 29.5 Å². The zero-order valence-corrected chi connectivity index (χ0v) is 14.1. The van der Waals surface area contributed by atoms with Gasteiger partial charge in [0.25, 0.3) is 5.91 Å². The van der Waals surface area contributed by atoms with Gasteiger partial charge in [-0.25, -0.2) is 0 Å². The molecule has 2 aliphatic heterocycles. The number of benzene rings is 1. The van der Waals surface area contributed by atoms with Crippen LogP contribution in [0.25, 0.3) is 0 Å². The number of carbonyl (C=O) groups excluding carboxylic acids is 3. The molecule has 1 atom stereocenters. The first-order valence-electron chi connectivity index (χ1n) is 8.51. The number of imide groups is 1. The summed E-state index contributed by atoms with van der Waals surface area (Å²) in [6, 6.07) is 3.12. The fraction of sp³-hybridized carbons (Fsp3) is 0.500. The van der Waals surface area contributed by atoms with E-state index in [9.17, 15) is 14.4 Å². The number of rotatable bonds is 2. The first-order chi connectivity index (χ1) is 11.5. The highest BCUT2D eigenvalue weighted by atomic mass is 35.5. The molecule has 6 heteroatoms. The SMILES string of the molecule is O=C1CCC(N2Cc3c(cc(Cl)cc3C3CCCC3)C2=O)C(=O)N1. The highest BCUT2D eigenvalue weighted by molar-refractivity contribution is 6.31. The van der Waals surface area contributed by atoms with Crippen molar-refractivity contribution in [1.82, 2.24) is 10.2 Å². The van der Waals surface area contributed by atoms with Crippen molar-refractivity contribution in [3.8, 4) is 0 Å². The van der Waals surface area contributed by atoms with Crippen LogP contribution >= 0.6 is 11.6 Å².